The molecule has 7 nitrogen and oxygen atoms in total. The lowest BCUT2D eigenvalue weighted by molar-refractivity contribution is -0.384. The molecular weight excluding hydrogens is 414 g/mol. The van der Waals surface area contributed by atoms with Crippen molar-refractivity contribution in [3.8, 4) is 0 Å². The third-order valence-corrected chi connectivity index (χ3v) is 5.93. The molecule has 0 aliphatic heterocycles. The normalized spacial score (nSPS) is 11.9. The molecule has 1 amide bonds. The Labute approximate surface area is 176 Å². The molecule has 0 saturated heterocycles. The first kappa shape index (κ1) is 21.2. The number of carbonyl (C=O) groups is 1. The number of nitrogens with zero attached hydrogens (tertiary/aromatic N) is 3. The number of hydrogen-bond acceptors (Lipinski definition) is 5. The second-order valence-electron chi connectivity index (χ2n) is 6.50. The maximum atomic E-state index is 12.8. The number of aryl methyl sites for hydroxylation is 2. The predicted octanol–water partition coefficient (Wildman–Crippen LogP) is 4.66. The van der Waals surface area contributed by atoms with Crippen LogP contribution in [0.1, 0.15) is 28.4 Å². The molecule has 3 aromatic rings. The second kappa shape index (κ2) is 8.86. The Bertz CT molecular complexity index is 1170. The first-order valence-electron chi connectivity index (χ1n) is 9.03. The molecule has 0 atom stereocenters. The molecule has 152 valence electrons. The highest BCUT2D eigenvalue weighted by Crippen LogP contribution is 2.25. The molecule has 3 rings (SSSR count). The van der Waals surface area contributed by atoms with Crippen LogP contribution in [0.5, 0.6) is 0 Å². The quantitative estimate of drug-likeness (QED) is 0.321. The average Bonchev–Trinajstić information content (AvgIpc) is 2.99. The van der Waals surface area contributed by atoms with Gasteiger partial charge in [-0.1, -0.05) is 29.0 Å². The van der Waals surface area contributed by atoms with Crippen molar-refractivity contribution in [3.63, 3.8) is 0 Å². The Morgan fingerprint density at radius 1 is 1.31 bits per heavy atom. The van der Waals surface area contributed by atoms with Gasteiger partial charge in [0.2, 0.25) is 0 Å². The van der Waals surface area contributed by atoms with Gasteiger partial charge in [-0.3, -0.25) is 14.9 Å². The van der Waals surface area contributed by atoms with Gasteiger partial charge >= 0.3 is 0 Å². The molecule has 0 bridgehead atoms. The Kier molecular flexibility index (Phi) is 6.46. The van der Waals surface area contributed by atoms with Gasteiger partial charge in [-0.2, -0.15) is 4.99 Å². The summed E-state index contributed by atoms with van der Waals surface area (Å²) in [6, 6.07) is 7.88. The highest BCUT2D eigenvalue weighted by atomic mass is 35.5. The number of benzene rings is 2. The summed E-state index contributed by atoms with van der Waals surface area (Å²) >= 11 is 7.50. The van der Waals surface area contributed by atoms with E-state index in [0.717, 1.165) is 27.4 Å². The zero-order chi connectivity index (χ0) is 21.1. The van der Waals surface area contributed by atoms with Gasteiger partial charge in [-0.15, -0.1) is 0 Å². The highest BCUT2D eigenvalue weighted by Gasteiger charge is 2.17. The average molecular weight is 434 g/mol. The van der Waals surface area contributed by atoms with Crippen molar-refractivity contribution in [1.29, 1.82) is 0 Å². The van der Waals surface area contributed by atoms with E-state index in [1.165, 1.54) is 23.5 Å². The lowest BCUT2D eigenvalue weighted by atomic mass is 10.1. The minimum Gasteiger partial charge on any atom is -0.380 e. The van der Waals surface area contributed by atoms with E-state index < -0.39 is 10.8 Å². The number of ether oxygens (including phenoxy) is 1. The summed E-state index contributed by atoms with van der Waals surface area (Å²) in [5, 5.41) is 11.2. The van der Waals surface area contributed by atoms with Gasteiger partial charge < -0.3 is 9.30 Å². The number of non-ortho nitro benzene ring substituents is 1. The fourth-order valence-corrected chi connectivity index (χ4v) is 4.35. The monoisotopic (exact) mass is 433 g/mol. The topological polar surface area (TPSA) is 86.7 Å². The molecule has 0 fully saturated rings. The minimum absolute atomic E-state index is 0.00239. The Morgan fingerprint density at radius 2 is 2.07 bits per heavy atom. The Balaban J connectivity index is 2.15. The Morgan fingerprint density at radius 3 is 2.76 bits per heavy atom. The van der Waals surface area contributed by atoms with E-state index in [-0.39, 0.29) is 16.3 Å². The maximum Gasteiger partial charge on any atom is 0.281 e. The van der Waals surface area contributed by atoms with E-state index in [1.54, 1.807) is 0 Å². The van der Waals surface area contributed by atoms with Gasteiger partial charge in [0.25, 0.3) is 11.6 Å². The first-order valence-corrected chi connectivity index (χ1v) is 10.2. The highest BCUT2D eigenvalue weighted by molar-refractivity contribution is 7.16. The third-order valence-electron chi connectivity index (χ3n) is 4.37. The van der Waals surface area contributed by atoms with Crippen LogP contribution >= 0.6 is 22.9 Å². The molecule has 9 heteroatoms. The number of fused-ring (bicyclic) bond motifs is 1. The van der Waals surface area contributed by atoms with E-state index >= 15 is 0 Å². The molecule has 0 N–H and O–H groups in total. The number of thiazole rings is 1. The third kappa shape index (κ3) is 4.55. The van der Waals surface area contributed by atoms with Crippen LogP contribution in [-0.2, 0) is 11.3 Å². The van der Waals surface area contributed by atoms with Crippen LogP contribution in [0.15, 0.2) is 35.3 Å². The van der Waals surface area contributed by atoms with Gasteiger partial charge in [-0.25, -0.2) is 0 Å². The van der Waals surface area contributed by atoms with E-state index in [2.05, 4.69) is 17.1 Å². The zero-order valence-corrected chi connectivity index (χ0v) is 17.8. The van der Waals surface area contributed by atoms with Gasteiger partial charge in [0.05, 0.1) is 32.3 Å². The van der Waals surface area contributed by atoms with Crippen molar-refractivity contribution in [2.45, 2.75) is 27.3 Å². The SMILES string of the molecule is CCOCCn1c(=NC(=O)c2cc([N+](=O)[O-])ccc2Cl)sc2c(C)cc(C)cc21. The number of amides is 1. The molecule has 0 aliphatic rings. The van der Waals surface area contributed by atoms with Crippen molar-refractivity contribution in [2.24, 2.45) is 4.99 Å². The number of nitro benzene ring substituents is 1. The molecule has 2 aromatic carbocycles. The molecule has 0 spiro atoms. The molecule has 0 aliphatic carbocycles. The van der Waals surface area contributed by atoms with E-state index in [4.69, 9.17) is 16.3 Å². The molecular formula is C20H20ClN3O4S. The van der Waals surface area contributed by atoms with E-state index in [9.17, 15) is 14.9 Å². The molecule has 1 heterocycles. The van der Waals surface area contributed by atoms with Crippen molar-refractivity contribution in [3.05, 3.63) is 67.0 Å². The number of hydrogen-bond donors (Lipinski definition) is 0. The lowest BCUT2D eigenvalue weighted by Crippen LogP contribution is -2.20. The lowest BCUT2D eigenvalue weighted by Gasteiger charge is -2.07. The van der Waals surface area contributed by atoms with Gasteiger partial charge in [0.15, 0.2) is 4.80 Å². The van der Waals surface area contributed by atoms with E-state index in [0.29, 0.717) is 24.6 Å². The molecule has 0 unspecified atom stereocenters. The smallest absolute Gasteiger partial charge is 0.281 e. The van der Waals surface area contributed by atoms with E-state index in [1.807, 2.05) is 25.3 Å². The number of halogens is 1. The number of aromatic nitrogens is 1. The van der Waals surface area contributed by atoms with Crippen LogP contribution < -0.4 is 4.80 Å². The number of nitro groups is 1. The summed E-state index contributed by atoms with van der Waals surface area (Å²) in [5.74, 6) is -0.621. The minimum atomic E-state index is -0.621. The first-order chi connectivity index (χ1) is 13.8. The summed E-state index contributed by atoms with van der Waals surface area (Å²) in [6.07, 6.45) is 0. The van der Waals surface area contributed by atoms with Gasteiger partial charge in [-0.05, 0) is 44.0 Å². The van der Waals surface area contributed by atoms with Crippen LogP contribution in [0.4, 0.5) is 5.69 Å². The van der Waals surface area contributed by atoms with Crippen molar-refractivity contribution >= 4 is 44.7 Å². The van der Waals surface area contributed by atoms with Crippen molar-refractivity contribution in [1.82, 2.24) is 4.57 Å². The molecule has 0 radical (unpaired) electrons. The zero-order valence-electron chi connectivity index (χ0n) is 16.3. The maximum absolute atomic E-state index is 12.8. The Hall–Kier alpha value is -2.55. The summed E-state index contributed by atoms with van der Waals surface area (Å²) < 4.78 is 8.46. The summed E-state index contributed by atoms with van der Waals surface area (Å²) in [5.41, 5.74) is 2.97. The number of carbonyl (C=O) groups excluding carboxylic acids is 1. The summed E-state index contributed by atoms with van der Waals surface area (Å²) in [7, 11) is 0. The molecule has 0 saturated carbocycles. The summed E-state index contributed by atoms with van der Waals surface area (Å²) in [6.45, 7) is 7.56. The molecule has 29 heavy (non-hydrogen) atoms. The standard InChI is InChI=1S/C20H20ClN3O4S/c1-4-28-8-7-23-17-10-12(2)9-13(3)18(17)29-20(23)22-19(25)15-11-14(24(26)27)5-6-16(15)21/h5-6,9-11H,4,7-8H2,1-3H3. The molecule has 1 aromatic heterocycles. The fourth-order valence-electron chi connectivity index (χ4n) is 3.05. The predicted molar refractivity (Wildman–Crippen MR) is 114 cm³/mol. The van der Waals surface area contributed by atoms with Gasteiger partial charge in [0.1, 0.15) is 0 Å². The van der Waals surface area contributed by atoms with Crippen LogP contribution in [0.2, 0.25) is 5.02 Å². The van der Waals surface area contributed by atoms with Crippen LogP contribution in [-0.4, -0.2) is 28.6 Å². The van der Waals surface area contributed by atoms with Gasteiger partial charge in [0, 0.05) is 25.3 Å². The van der Waals surface area contributed by atoms with Crippen LogP contribution in [0.25, 0.3) is 10.2 Å². The van der Waals surface area contributed by atoms with Crippen LogP contribution in [0, 0.1) is 24.0 Å². The fraction of sp³-hybridized carbons (Fsp3) is 0.300. The largest absolute Gasteiger partial charge is 0.380 e. The second-order valence-corrected chi connectivity index (χ2v) is 7.89. The van der Waals surface area contributed by atoms with Crippen molar-refractivity contribution < 1.29 is 14.5 Å². The summed E-state index contributed by atoms with van der Waals surface area (Å²) in [4.78, 5) is 28.0. The number of rotatable bonds is 6. The van der Waals surface area contributed by atoms with Crippen molar-refractivity contribution in [2.75, 3.05) is 13.2 Å². The van der Waals surface area contributed by atoms with Crippen LogP contribution in [0.3, 0.4) is 0 Å².